The zero-order valence-corrected chi connectivity index (χ0v) is 43.1. The van der Waals surface area contributed by atoms with Crippen LogP contribution < -0.4 is 0 Å². The molecule has 2 saturated heterocycles. The van der Waals surface area contributed by atoms with Gasteiger partial charge in [0.25, 0.3) is 0 Å². The molecule has 0 aromatic rings. The second-order valence-corrected chi connectivity index (χ2v) is 19.8. The van der Waals surface area contributed by atoms with Crippen molar-refractivity contribution in [3.8, 4) is 0 Å². The molecule has 0 aliphatic carbocycles. The fraction of sp³-hybridized carbons (Fsp3) is 0.926. The van der Waals surface area contributed by atoms with Gasteiger partial charge in [-0.3, -0.25) is 9.59 Å². The molecule has 2 heterocycles. The van der Waals surface area contributed by atoms with Gasteiger partial charge in [-0.05, 0) is 25.7 Å². The third-order valence-corrected chi connectivity index (χ3v) is 13.5. The van der Waals surface area contributed by atoms with Crippen LogP contribution in [0.2, 0.25) is 0 Å². The van der Waals surface area contributed by atoms with Crippen LogP contribution in [-0.2, 0) is 38.0 Å². The van der Waals surface area contributed by atoms with Gasteiger partial charge >= 0.3 is 11.9 Å². The first-order valence-electron chi connectivity index (χ1n) is 27.8. The first kappa shape index (κ1) is 63.4. The highest BCUT2D eigenvalue weighted by molar-refractivity contribution is 5.70. The lowest BCUT2D eigenvalue weighted by Gasteiger charge is -2.42. The molecule has 406 valence electrons. The third kappa shape index (κ3) is 29.5. The average molecular weight is 989 g/mol. The Bertz CT molecular complexity index is 1250. The van der Waals surface area contributed by atoms with Crippen molar-refractivity contribution in [2.75, 3.05) is 26.4 Å². The van der Waals surface area contributed by atoms with Crippen molar-refractivity contribution in [3.63, 3.8) is 0 Å². The molecule has 0 bridgehead atoms. The minimum Gasteiger partial charge on any atom is -0.462 e. The van der Waals surface area contributed by atoms with E-state index in [-0.39, 0.29) is 26.1 Å². The lowest BCUT2D eigenvalue weighted by Crippen LogP contribution is -2.61. The number of esters is 2. The number of ether oxygens (including phenoxy) is 6. The molecule has 4 unspecified atom stereocenters. The van der Waals surface area contributed by atoms with E-state index in [9.17, 15) is 45.3 Å². The van der Waals surface area contributed by atoms with E-state index in [0.717, 1.165) is 32.1 Å². The largest absolute Gasteiger partial charge is 0.462 e. The second-order valence-electron chi connectivity index (χ2n) is 19.8. The van der Waals surface area contributed by atoms with Crippen LogP contribution in [0, 0.1) is 0 Å². The van der Waals surface area contributed by atoms with E-state index in [1.165, 1.54) is 154 Å². The van der Waals surface area contributed by atoms with E-state index in [0.29, 0.717) is 12.8 Å². The van der Waals surface area contributed by atoms with Gasteiger partial charge in [-0.25, -0.2) is 0 Å². The van der Waals surface area contributed by atoms with Crippen molar-refractivity contribution in [3.05, 3.63) is 12.2 Å². The maximum Gasteiger partial charge on any atom is 0.306 e. The van der Waals surface area contributed by atoms with Crippen LogP contribution in [0.1, 0.15) is 226 Å². The molecule has 0 radical (unpaired) electrons. The summed E-state index contributed by atoms with van der Waals surface area (Å²) in [6.45, 7) is 2.59. The molecule has 0 amide bonds. The number of aliphatic hydroxyl groups excluding tert-OH is 7. The predicted molar refractivity (Wildman–Crippen MR) is 266 cm³/mol. The van der Waals surface area contributed by atoms with Gasteiger partial charge in [0.15, 0.2) is 18.7 Å². The van der Waals surface area contributed by atoms with Crippen LogP contribution in [0.4, 0.5) is 0 Å². The molecule has 0 aromatic carbocycles. The Morgan fingerprint density at radius 1 is 0.449 bits per heavy atom. The summed E-state index contributed by atoms with van der Waals surface area (Å²) in [5.41, 5.74) is 0. The quantitative estimate of drug-likeness (QED) is 0.0172. The van der Waals surface area contributed by atoms with E-state index in [2.05, 4.69) is 19.9 Å². The summed E-state index contributed by atoms with van der Waals surface area (Å²) in [6.07, 6.45) is 25.3. The number of rotatable bonds is 44. The Hall–Kier alpha value is -1.76. The second kappa shape index (κ2) is 41.7. The Balaban J connectivity index is 1.78. The lowest BCUT2D eigenvalue weighted by atomic mass is 9.98. The highest BCUT2D eigenvalue weighted by atomic mass is 16.7. The molecule has 0 aromatic heterocycles. The third-order valence-electron chi connectivity index (χ3n) is 13.5. The molecule has 2 rings (SSSR count). The zero-order chi connectivity index (χ0) is 50.3. The molecule has 0 saturated carbocycles. The van der Waals surface area contributed by atoms with Gasteiger partial charge in [0, 0.05) is 12.8 Å². The predicted octanol–water partition coefficient (Wildman–Crippen LogP) is 8.55. The summed E-state index contributed by atoms with van der Waals surface area (Å²) in [5, 5.41) is 72.2. The standard InChI is InChI=1S/C54H100O15/c1-3-5-7-9-11-13-15-17-19-20-21-23-25-27-29-31-33-35-37-46(57)67-42(39-64-45(56)36-34-32-30-28-26-24-22-18-16-14-12-10-8-6-4-2)40-65-53-52(63)50(61)48(59)44(69-53)41-66-54-51(62)49(60)47(58)43(38-55)68-54/h30,32,42-44,47-55,58-63H,3-29,31,33-41H2,1-2H3/b32-30+/t42-,43+,44+,47-,48-,49?,50?,51?,52?,53+,54+/m1/s1. The number of hydrogen-bond acceptors (Lipinski definition) is 15. The molecule has 69 heavy (non-hydrogen) atoms. The van der Waals surface area contributed by atoms with Gasteiger partial charge in [-0.2, -0.15) is 0 Å². The Morgan fingerprint density at radius 3 is 1.33 bits per heavy atom. The van der Waals surface area contributed by atoms with Crippen LogP contribution in [0.25, 0.3) is 0 Å². The van der Waals surface area contributed by atoms with Gasteiger partial charge in [-0.15, -0.1) is 0 Å². The topological polar surface area (TPSA) is 231 Å². The molecule has 0 spiro atoms. The SMILES string of the molecule is CCCCCCCCCCCCC/C=C/CCC(=O)OC[C@H](CO[C@H]1O[C@@H](CO[C@H]2O[C@@H](CO)[C@@H](O)C(O)C2O)[C@@H](O)C(O)C1O)OC(=O)CCCCCCCCCCCCCCCCCCCC. The van der Waals surface area contributed by atoms with Crippen LogP contribution >= 0.6 is 0 Å². The van der Waals surface area contributed by atoms with E-state index >= 15 is 0 Å². The summed E-state index contributed by atoms with van der Waals surface area (Å²) in [4.78, 5) is 25.8. The van der Waals surface area contributed by atoms with Crippen molar-refractivity contribution in [2.45, 2.75) is 293 Å². The van der Waals surface area contributed by atoms with E-state index in [1.807, 2.05) is 6.08 Å². The first-order chi connectivity index (χ1) is 33.5. The first-order valence-corrected chi connectivity index (χ1v) is 27.8. The van der Waals surface area contributed by atoms with Crippen molar-refractivity contribution < 1.29 is 73.8 Å². The molecule has 7 N–H and O–H groups in total. The number of allylic oxidation sites excluding steroid dienone is 2. The summed E-state index contributed by atoms with van der Waals surface area (Å²) >= 11 is 0. The summed E-state index contributed by atoms with van der Waals surface area (Å²) in [5.74, 6) is -0.968. The summed E-state index contributed by atoms with van der Waals surface area (Å²) in [6, 6.07) is 0. The maximum absolute atomic E-state index is 13.0. The normalized spacial score (nSPS) is 25.6. The lowest BCUT2D eigenvalue weighted by molar-refractivity contribution is -0.332. The molecule has 2 fully saturated rings. The Morgan fingerprint density at radius 2 is 0.855 bits per heavy atom. The smallest absolute Gasteiger partial charge is 0.306 e. The number of unbranched alkanes of at least 4 members (excludes halogenated alkanes) is 28. The van der Waals surface area contributed by atoms with Crippen molar-refractivity contribution in [1.82, 2.24) is 0 Å². The minimum absolute atomic E-state index is 0.139. The average Bonchev–Trinajstić information content (AvgIpc) is 3.34. The van der Waals surface area contributed by atoms with Gasteiger partial charge in [0.1, 0.15) is 55.4 Å². The molecule has 2 aliphatic rings. The molecular formula is C54H100O15. The van der Waals surface area contributed by atoms with Gasteiger partial charge in [0.2, 0.25) is 0 Å². The number of aliphatic hydroxyl groups is 7. The fourth-order valence-corrected chi connectivity index (χ4v) is 8.94. The van der Waals surface area contributed by atoms with Crippen molar-refractivity contribution in [1.29, 1.82) is 0 Å². The molecule has 15 heteroatoms. The zero-order valence-electron chi connectivity index (χ0n) is 43.1. The van der Waals surface area contributed by atoms with Gasteiger partial charge < -0.3 is 64.2 Å². The molecule has 11 atom stereocenters. The monoisotopic (exact) mass is 989 g/mol. The van der Waals surface area contributed by atoms with Gasteiger partial charge in [-0.1, -0.05) is 199 Å². The molecule has 15 nitrogen and oxygen atoms in total. The molecule has 2 aliphatic heterocycles. The maximum atomic E-state index is 13.0. The Labute approximate surface area is 416 Å². The number of carbonyl (C=O) groups excluding carboxylic acids is 2. The molecular weight excluding hydrogens is 889 g/mol. The van der Waals surface area contributed by atoms with Crippen LogP contribution in [0.3, 0.4) is 0 Å². The van der Waals surface area contributed by atoms with Crippen LogP contribution in [-0.4, -0.2) is 142 Å². The van der Waals surface area contributed by atoms with Crippen LogP contribution in [0.5, 0.6) is 0 Å². The Kier molecular flexibility index (Phi) is 38.3. The van der Waals surface area contributed by atoms with Gasteiger partial charge in [0.05, 0.1) is 19.8 Å². The fourth-order valence-electron chi connectivity index (χ4n) is 8.94. The summed E-state index contributed by atoms with van der Waals surface area (Å²) in [7, 11) is 0. The van der Waals surface area contributed by atoms with Crippen molar-refractivity contribution >= 4 is 11.9 Å². The van der Waals surface area contributed by atoms with Crippen LogP contribution in [0.15, 0.2) is 12.2 Å². The highest BCUT2D eigenvalue weighted by Crippen LogP contribution is 2.27. The minimum atomic E-state index is -1.77. The van der Waals surface area contributed by atoms with E-state index < -0.39 is 92.7 Å². The number of hydrogen-bond donors (Lipinski definition) is 7. The van der Waals surface area contributed by atoms with E-state index in [4.69, 9.17) is 28.4 Å². The summed E-state index contributed by atoms with van der Waals surface area (Å²) < 4.78 is 33.6. The van der Waals surface area contributed by atoms with E-state index in [1.54, 1.807) is 0 Å². The van der Waals surface area contributed by atoms with Crippen molar-refractivity contribution in [2.24, 2.45) is 0 Å². The number of carbonyl (C=O) groups is 2. The highest BCUT2D eigenvalue weighted by Gasteiger charge is 2.47.